The molecule has 29 heteroatoms. The summed E-state index contributed by atoms with van der Waals surface area (Å²) in [6.07, 6.45) is 2.74. The van der Waals surface area contributed by atoms with Gasteiger partial charge in [0.25, 0.3) is 5.91 Å². The molecule has 2 aliphatic heterocycles. The predicted octanol–water partition coefficient (Wildman–Crippen LogP) is 2.09. The molecule has 3 rings (SSSR count). The third-order valence-corrected chi connectivity index (χ3v) is 18.6. The lowest BCUT2D eigenvalue weighted by atomic mass is 9.95. The summed E-state index contributed by atoms with van der Waals surface area (Å²) in [5.41, 5.74) is 6.34. The number of ether oxygens (including phenoxy) is 1. The van der Waals surface area contributed by atoms with Gasteiger partial charge in [-0.15, -0.1) is 0 Å². The number of rotatable bonds is 32. The molecule has 102 heavy (non-hydrogen) atoms. The first-order valence-corrected chi connectivity index (χ1v) is 36.4. The highest BCUT2D eigenvalue weighted by Crippen LogP contribution is 2.23. The number of hydrogen-bond acceptors (Lipinski definition) is 16. The number of allylic oxidation sites excluding steroid dienone is 1. The van der Waals surface area contributed by atoms with E-state index in [1.807, 2.05) is 0 Å². The highest BCUT2D eigenvalue weighted by Gasteiger charge is 2.44. The Balaban J connectivity index is 1.97. The lowest BCUT2D eigenvalue weighted by molar-refractivity contribution is -0.157. The van der Waals surface area contributed by atoms with E-state index in [1.165, 1.54) is 24.8 Å². The maximum atomic E-state index is 15.0. The molecule has 14 N–H and O–H groups in total. The molecular formula is C73H120N14O15. The minimum absolute atomic E-state index is 0.0306. The lowest BCUT2D eigenvalue weighted by Crippen LogP contribution is -2.64. The number of amides is 13. The van der Waals surface area contributed by atoms with Gasteiger partial charge in [-0.1, -0.05) is 166 Å². The summed E-state index contributed by atoms with van der Waals surface area (Å²) in [6.45, 7) is 30.3. The summed E-state index contributed by atoms with van der Waals surface area (Å²) in [5.74, 6) is -14.2. The minimum Gasteiger partial charge on any atom is -0.458 e. The van der Waals surface area contributed by atoms with Crippen molar-refractivity contribution in [1.29, 1.82) is 0 Å². The molecule has 2 aliphatic rings. The first-order chi connectivity index (χ1) is 47.9. The minimum atomic E-state index is -1.81. The van der Waals surface area contributed by atoms with E-state index in [-0.39, 0.29) is 69.1 Å². The molecule has 0 spiro atoms. The normalized spacial score (nSPS) is 22.2. The summed E-state index contributed by atoms with van der Waals surface area (Å²) in [4.78, 5) is 200. The molecule has 1 aromatic rings. The largest absolute Gasteiger partial charge is 0.458 e. The Kier molecular flexibility index (Phi) is 36.8. The number of nitrogens with two attached hydrogens (primary N) is 1. The van der Waals surface area contributed by atoms with Gasteiger partial charge in [0.05, 0.1) is 6.54 Å². The summed E-state index contributed by atoms with van der Waals surface area (Å²) in [5, 5.41) is 32.5. The van der Waals surface area contributed by atoms with Crippen LogP contribution in [0.25, 0.3) is 0 Å². The number of nitrogens with one attached hydrogen (secondary N) is 12. The van der Waals surface area contributed by atoms with Crippen molar-refractivity contribution in [1.82, 2.24) is 68.7 Å². The number of likely N-dealkylation sites (tertiary alicyclic amines) is 1. The standard InChI is InChI=1S/C73H120N14O15/c1-19-44(16)59(70(98)86-61-46(18)102-73(101)58(43(14)15)83-62(90)48(21-3)76-64(92)50(36-47-29-23-22-24-30-47)78-67(95)56(41(10)11)81-69(97)60(45(17)20-2)85-71(61)99)84-63(91)49(31-26-34-74)77-65(93)51-32-27-35-87(51)72(100)57(42(12)13)82-68(96)55(40(8)9)80-53(89)37-75-66(94)54(39(6)7)79-52(88)33-25-28-38(4)5/h21-24,29-30,38-46,49-51,54-61H,19-20,25-28,31-37,74H2,1-18H3,(H,75,94)(H,76,92)(H,77,93)(H,78,95)(H,79,88)(H,80,89)(H,81,97)(H,82,96)(H,83,90)(H,84,91)(H,85,99)(H,86,98)/b48-21-/t44-,45-,46+,49+,50+,51-,54-,55+,56-,57-,58+,59-,60-,61-/m1/s1. The van der Waals surface area contributed by atoms with Crippen LogP contribution in [-0.4, -0.2) is 180 Å². The van der Waals surface area contributed by atoms with Crippen LogP contribution in [0.1, 0.15) is 188 Å². The highest BCUT2D eigenvalue weighted by atomic mass is 16.5. The Morgan fingerprint density at radius 2 is 1.20 bits per heavy atom. The van der Waals surface area contributed by atoms with E-state index in [9.17, 15) is 57.5 Å². The van der Waals surface area contributed by atoms with Crippen LogP contribution < -0.4 is 69.5 Å². The number of benzene rings is 1. The van der Waals surface area contributed by atoms with Gasteiger partial charge in [0.15, 0.2) is 0 Å². The Hall–Kier alpha value is -8.50. The Bertz CT molecular complexity index is 3070. The smallest absolute Gasteiger partial charge is 0.329 e. The fraction of sp³-hybridized carbons (Fsp3) is 0.699. The van der Waals surface area contributed by atoms with Crippen molar-refractivity contribution in [2.45, 2.75) is 261 Å². The quantitative estimate of drug-likeness (QED) is 0.0363. The Morgan fingerprint density at radius 3 is 1.75 bits per heavy atom. The van der Waals surface area contributed by atoms with Crippen LogP contribution in [0.2, 0.25) is 0 Å². The SMILES string of the molecule is C/C=C1\NC(=O)[C@H](Cc2ccccc2)NC(=O)[C@@H](C(C)C)NC(=O)[C@@H]([C@H](C)CC)NC(=O)[C@H](NC(=O)[C@H](NC(=O)[C@H](CCCN)NC(=O)[C@H]2CCCN2C(=O)[C@H](NC(=O)[C@@H](NC(=O)CNC(=O)[C@H](NC(=O)CCCC(C)C)C(C)C)C(C)C)C(C)C)[C@H](C)CC)[C@H](C)OC(=O)[C@H](C(C)C)NC1=O. The highest BCUT2D eigenvalue weighted by molar-refractivity contribution is 6.03. The summed E-state index contributed by atoms with van der Waals surface area (Å²) in [6, 6.07) is -5.63. The zero-order valence-electron chi connectivity index (χ0n) is 63.4. The number of hydrogen-bond donors (Lipinski definition) is 13. The third kappa shape index (κ3) is 27.0. The Labute approximate surface area is 602 Å². The van der Waals surface area contributed by atoms with Gasteiger partial charge in [-0.05, 0) is 105 Å². The van der Waals surface area contributed by atoms with Crippen LogP contribution in [0, 0.1) is 47.3 Å². The van der Waals surface area contributed by atoms with E-state index < -0.39 is 191 Å². The van der Waals surface area contributed by atoms with Gasteiger partial charge in [-0.3, -0.25) is 62.3 Å². The van der Waals surface area contributed by atoms with Crippen molar-refractivity contribution in [2.75, 3.05) is 19.6 Å². The molecule has 0 aromatic heterocycles. The van der Waals surface area contributed by atoms with Crippen LogP contribution in [-0.2, 0) is 78.3 Å². The molecular weight excluding hydrogens is 1310 g/mol. The topological polar surface area (TPSA) is 422 Å². The molecule has 0 aliphatic carbocycles. The molecule has 1 aromatic carbocycles. The van der Waals surface area contributed by atoms with Gasteiger partial charge in [-0.2, -0.15) is 0 Å². The van der Waals surface area contributed by atoms with Crippen molar-refractivity contribution in [3.05, 3.63) is 47.7 Å². The van der Waals surface area contributed by atoms with Crippen LogP contribution in [0.5, 0.6) is 0 Å². The summed E-state index contributed by atoms with van der Waals surface area (Å²) < 4.78 is 5.96. The van der Waals surface area contributed by atoms with E-state index in [0.717, 1.165) is 6.42 Å². The van der Waals surface area contributed by atoms with Gasteiger partial charge in [0.2, 0.25) is 70.9 Å². The number of carbonyl (C=O) groups excluding carboxylic acids is 14. The Morgan fingerprint density at radius 1 is 0.618 bits per heavy atom. The molecule has 0 bridgehead atoms. The zero-order chi connectivity index (χ0) is 77.0. The first-order valence-electron chi connectivity index (χ1n) is 36.4. The molecule has 0 radical (unpaired) electrons. The predicted molar refractivity (Wildman–Crippen MR) is 385 cm³/mol. The van der Waals surface area contributed by atoms with Crippen LogP contribution >= 0.6 is 0 Å². The average molecular weight is 1430 g/mol. The fourth-order valence-corrected chi connectivity index (χ4v) is 11.7. The van der Waals surface area contributed by atoms with Crippen molar-refractivity contribution in [3.63, 3.8) is 0 Å². The molecule has 2 heterocycles. The van der Waals surface area contributed by atoms with Crippen molar-refractivity contribution < 1.29 is 71.9 Å². The van der Waals surface area contributed by atoms with Crippen LogP contribution in [0.4, 0.5) is 0 Å². The lowest BCUT2D eigenvalue weighted by Gasteiger charge is -2.33. The van der Waals surface area contributed by atoms with Gasteiger partial charge in [-0.25, -0.2) is 4.79 Å². The van der Waals surface area contributed by atoms with Crippen LogP contribution in [0.15, 0.2) is 42.1 Å². The molecule has 13 amide bonds. The maximum absolute atomic E-state index is 15.0. The molecule has 572 valence electrons. The average Bonchev–Trinajstić information content (AvgIpc) is 1.52. The van der Waals surface area contributed by atoms with Gasteiger partial charge in [0.1, 0.15) is 78.3 Å². The zero-order valence-corrected chi connectivity index (χ0v) is 63.4. The molecule has 0 saturated carbocycles. The second kappa shape index (κ2) is 42.8. The number of carbonyl (C=O) groups is 14. The van der Waals surface area contributed by atoms with Gasteiger partial charge < -0.3 is 79.2 Å². The second-order valence-electron chi connectivity index (χ2n) is 29.2. The van der Waals surface area contributed by atoms with E-state index in [4.69, 9.17) is 10.5 Å². The fourth-order valence-electron chi connectivity index (χ4n) is 11.7. The van der Waals surface area contributed by atoms with E-state index in [1.54, 1.807) is 127 Å². The number of nitrogens with zero attached hydrogens (tertiary/aromatic N) is 1. The third-order valence-electron chi connectivity index (χ3n) is 18.6. The molecule has 0 unspecified atom stereocenters. The maximum Gasteiger partial charge on any atom is 0.329 e. The second-order valence-corrected chi connectivity index (χ2v) is 29.2. The van der Waals surface area contributed by atoms with Crippen LogP contribution in [0.3, 0.4) is 0 Å². The molecule has 29 nitrogen and oxygen atoms in total. The van der Waals surface area contributed by atoms with E-state index >= 15 is 9.59 Å². The monoisotopic (exact) mass is 1430 g/mol. The summed E-state index contributed by atoms with van der Waals surface area (Å²) >= 11 is 0. The number of cyclic esters (lactones) is 1. The van der Waals surface area contributed by atoms with Gasteiger partial charge >= 0.3 is 5.97 Å². The van der Waals surface area contributed by atoms with E-state index in [2.05, 4.69) is 77.6 Å². The van der Waals surface area contributed by atoms with Crippen molar-refractivity contribution >= 4 is 82.8 Å². The van der Waals surface area contributed by atoms with Crippen molar-refractivity contribution in [2.24, 2.45) is 53.1 Å². The van der Waals surface area contributed by atoms with E-state index in [0.29, 0.717) is 30.7 Å². The molecule has 14 atom stereocenters. The van der Waals surface area contributed by atoms with Gasteiger partial charge in [0, 0.05) is 19.4 Å². The summed E-state index contributed by atoms with van der Waals surface area (Å²) in [7, 11) is 0. The molecule has 2 fully saturated rings. The first kappa shape index (κ1) is 87.7. The number of esters is 1. The van der Waals surface area contributed by atoms with Crippen molar-refractivity contribution in [3.8, 4) is 0 Å². The molecule has 2 saturated heterocycles.